The van der Waals surface area contributed by atoms with Crippen LogP contribution in [0.15, 0.2) is 42.6 Å². The summed E-state index contributed by atoms with van der Waals surface area (Å²) in [7, 11) is 1.47. The lowest BCUT2D eigenvalue weighted by Gasteiger charge is -2.12. The van der Waals surface area contributed by atoms with Crippen LogP contribution in [0.3, 0.4) is 0 Å². The molecule has 0 bridgehead atoms. The van der Waals surface area contributed by atoms with E-state index in [0.29, 0.717) is 22.4 Å². The molecule has 6 heteroatoms. The van der Waals surface area contributed by atoms with Gasteiger partial charge in [0.15, 0.2) is 17.3 Å². The molecule has 0 amide bonds. The van der Waals surface area contributed by atoms with Crippen LogP contribution in [0, 0.1) is 11.6 Å². The number of ether oxygens (including phenoxy) is 1. The van der Waals surface area contributed by atoms with Crippen molar-refractivity contribution in [2.24, 2.45) is 0 Å². The second kappa shape index (κ2) is 6.08. The van der Waals surface area contributed by atoms with Crippen molar-refractivity contribution in [2.75, 3.05) is 12.4 Å². The molecule has 1 aromatic heterocycles. The maximum atomic E-state index is 13.8. The highest BCUT2D eigenvalue weighted by Gasteiger charge is 2.11. The van der Waals surface area contributed by atoms with Crippen LogP contribution >= 0.6 is 0 Å². The fourth-order valence-electron chi connectivity index (χ4n) is 2.40. The predicted octanol–water partition coefficient (Wildman–Crippen LogP) is 3.84. The molecule has 0 spiro atoms. The van der Waals surface area contributed by atoms with E-state index in [9.17, 15) is 13.9 Å². The Labute approximate surface area is 131 Å². The van der Waals surface area contributed by atoms with Gasteiger partial charge < -0.3 is 15.2 Å². The minimum absolute atomic E-state index is 0.0261. The highest BCUT2D eigenvalue weighted by atomic mass is 19.1. The first-order valence-electron chi connectivity index (χ1n) is 6.92. The largest absolute Gasteiger partial charge is 0.504 e. The molecule has 0 unspecified atom stereocenters. The molecule has 0 aliphatic carbocycles. The van der Waals surface area contributed by atoms with Gasteiger partial charge in [0.05, 0.1) is 7.11 Å². The van der Waals surface area contributed by atoms with E-state index < -0.39 is 11.6 Å². The Hall–Kier alpha value is -2.89. The Morgan fingerprint density at radius 3 is 2.83 bits per heavy atom. The molecule has 0 radical (unpaired) electrons. The number of aromatic hydroxyl groups is 1. The van der Waals surface area contributed by atoms with Crippen molar-refractivity contribution < 1.29 is 18.6 Å². The molecule has 0 aliphatic heterocycles. The van der Waals surface area contributed by atoms with Gasteiger partial charge in [-0.3, -0.25) is 4.98 Å². The summed E-state index contributed by atoms with van der Waals surface area (Å²) in [5.41, 5.74) is 1.22. The van der Waals surface area contributed by atoms with Crippen LogP contribution in [0.4, 0.5) is 14.5 Å². The zero-order chi connectivity index (χ0) is 16.4. The molecule has 3 aromatic rings. The SMILES string of the molecule is COc1cccc(CNc2ccnc3c(F)cc(F)cc23)c1O. The molecular formula is C17H14F2N2O2. The number of nitrogens with one attached hydrogen (secondary N) is 1. The molecule has 118 valence electrons. The summed E-state index contributed by atoms with van der Waals surface area (Å²) in [5, 5.41) is 13.5. The number of phenols is 1. The second-order valence-electron chi connectivity index (χ2n) is 4.96. The Morgan fingerprint density at radius 2 is 2.04 bits per heavy atom. The van der Waals surface area contributed by atoms with Crippen molar-refractivity contribution in [1.29, 1.82) is 0 Å². The molecule has 23 heavy (non-hydrogen) atoms. The van der Waals surface area contributed by atoms with Crippen LogP contribution in [0.1, 0.15) is 5.56 Å². The number of anilines is 1. The minimum atomic E-state index is -0.715. The first-order chi connectivity index (χ1) is 11.1. The summed E-state index contributed by atoms with van der Waals surface area (Å²) in [6, 6.07) is 8.77. The van der Waals surface area contributed by atoms with Crippen molar-refractivity contribution in [3.63, 3.8) is 0 Å². The molecule has 0 saturated heterocycles. The quantitative estimate of drug-likeness (QED) is 0.768. The lowest BCUT2D eigenvalue weighted by Crippen LogP contribution is -2.02. The Kier molecular flexibility index (Phi) is 3.97. The average Bonchev–Trinajstić information content (AvgIpc) is 2.54. The number of hydrogen-bond acceptors (Lipinski definition) is 4. The number of pyridine rings is 1. The van der Waals surface area contributed by atoms with E-state index in [4.69, 9.17) is 4.74 Å². The van der Waals surface area contributed by atoms with Gasteiger partial charge in [0, 0.05) is 35.4 Å². The smallest absolute Gasteiger partial charge is 0.162 e. The van der Waals surface area contributed by atoms with Gasteiger partial charge in [-0.15, -0.1) is 0 Å². The Balaban J connectivity index is 1.94. The first kappa shape index (κ1) is 15.0. The molecule has 0 saturated carbocycles. The van der Waals surface area contributed by atoms with Crippen molar-refractivity contribution in [3.8, 4) is 11.5 Å². The van der Waals surface area contributed by atoms with Crippen molar-refractivity contribution in [2.45, 2.75) is 6.54 Å². The van der Waals surface area contributed by atoms with Crippen LogP contribution in [0.2, 0.25) is 0 Å². The Morgan fingerprint density at radius 1 is 1.22 bits per heavy atom. The number of fused-ring (bicyclic) bond motifs is 1. The van der Waals surface area contributed by atoms with Crippen LogP contribution in [-0.4, -0.2) is 17.2 Å². The van der Waals surface area contributed by atoms with Gasteiger partial charge in [-0.2, -0.15) is 0 Å². The summed E-state index contributed by atoms with van der Waals surface area (Å²) >= 11 is 0. The lowest BCUT2D eigenvalue weighted by molar-refractivity contribution is 0.371. The van der Waals surface area contributed by atoms with Crippen LogP contribution < -0.4 is 10.1 Å². The van der Waals surface area contributed by atoms with Gasteiger partial charge in [-0.1, -0.05) is 12.1 Å². The molecule has 0 fully saturated rings. The number of halogens is 2. The van der Waals surface area contributed by atoms with E-state index in [1.165, 1.54) is 19.4 Å². The van der Waals surface area contributed by atoms with Crippen molar-refractivity contribution in [1.82, 2.24) is 4.98 Å². The summed E-state index contributed by atoms with van der Waals surface area (Å²) in [5.74, 6) is -0.998. The summed E-state index contributed by atoms with van der Waals surface area (Å²) < 4.78 is 32.3. The van der Waals surface area contributed by atoms with E-state index in [-0.39, 0.29) is 17.8 Å². The molecule has 1 heterocycles. The zero-order valence-corrected chi connectivity index (χ0v) is 12.3. The van der Waals surface area contributed by atoms with E-state index >= 15 is 0 Å². The maximum Gasteiger partial charge on any atom is 0.162 e. The van der Waals surface area contributed by atoms with Crippen molar-refractivity contribution >= 4 is 16.6 Å². The molecule has 2 aromatic carbocycles. The molecule has 0 atom stereocenters. The van der Waals surface area contributed by atoms with Gasteiger partial charge in [0.2, 0.25) is 0 Å². The number of methoxy groups -OCH3 is 1. The van der Waals surface area contributed by atoms with Crippen LogP contribution in [0.5, 0.6) is 11.5 Å². The molecule has 4 nitrogen and oxygen atoms in total. The number of hydrogen-bond donors (Lipinski definition) is 2. The maximum absolute atomic E-state index is 13.8. The number of benzene rings is 2. The third kappa shape index (κ3) is 2.88. The third-order valence-electron chi connectivity index (χ3n) is 3.53. The van der Waals surface area contributed by atoms with Gasteiger partial charge in [0.25, 0.3) is 0 Å². The number of phenolic OH excluding ortho intramolecular Hbond substituents is 1. The highest BCUT2D eigenvalue weighted by molar-refractivity contribution is 5.91. The number of para-hydroxylation sites is 1. The summed E-state index contributed by atoms with van der Waals surface area (Å²) in [6.07, 6.45) is 1.44. The minimum Gasteiger partial charge on any atom is -0.504 e. The predicted molar refractivity (Wildman–Crippen MR) is 83.6 cm³/mol. The Bertz CT molecular complexity index is 869. The van der Waals surface area contributed by atoms with E-state index in [1.807, 2.05) is 0 Å². The highest BCUT2D eigenvalue weighted by Crippen LogP contribution is 2.31. The molecule has 0 aliphatic rings. The number of rotatable bonds is 4. The molecular weight excluding hydrogens is 302 g/mol. The van der Waals surface area contributed by atoms with Gasteiger partial charge >= 0.3 is 0 Å². The number of nitrogens with zero attached hydrogens (tertiary/aromatic N) is 1. The van der Waals surface area contributed by atoms with Gasteiger partial charge in [-0.25, -0.2) is 8.78 Å². The summed E-state index contributed by atoms with van der Waals surface area (Å²) in [4.78, 5) is 3.93. The standard InChI is InChI=1S/C17H14F2N2O2/c1-23-15-4-2-3-10(17(15)22)9-21-14-5-6-20-16-12(14)7-11(18)8-13(16)19/h2-8,22H,9H2,1H3,(H,20,21). The fraction of sp³-hybridized carbons (Fsp3) is 0.118. The van der Waals surface area contributed by atoms with Crippen LogP contribution in [-0.2, 0) is 6.54 Å². The average molecular weight is 316 g/mol. The zero-order valence-electron chi connectivity index (χ0n) is 12.3. The van der Waals surface area contributed by atoms with Crippen LogP contribution in [0.25, 0.3) is 10.9 Å². The summed E-state index contributed by atoms with van der Waals surface area (Å²) in [6.45, 7) is 0.264. The van der Waals surface area contributed by atoms with E-state index in [0.717, 1.165) is 6.07 Å². The third-order valence-corrected chi connectivity index (χ3v) is 3.53. The monoisotopic (exact) mass is 316 g/mol. The van der Waals surface area contributed by atoms with Crippen molar-refractivity contribution in [3.05, 3.63) is 59.8 Å². The topological polar surface area (TPSA) is 54.4 Å². The normalized spacial score (nSPS) is 10.7. The number of aromatic nitrogens is 1. The van der Waals surface area contributed by atoms with Gasteiger partial charge in [0.1, 0.15) is 11.3 Å². The fourth-order valence-corrected chi connectivity index (χ4v) is 2.40. The van der Waals surface area contributed by atoms with E-state index in [2.05, 4.69) is 10.3 Å². The lowest BCUT2D eigenvalue weighted by atomic mass is 10.1. The first-order valence-corrected chi connectivity index (χ1v) is 6.92. The molecule has 2 N–H and O–H groups in total. The van der Waals surface area contributed by atoms with E-state index in [1.54, 1.807) is 24.3 Å². The second-order valence-corrected chi connectivity index (χ2v) is 4.96. The molecule has 3 rings (SSSR count). The van der Waals surface area contributed by atoms with Gasteiger partial charge in [-0.05, 0) is 18.2 Å².